The summed E-state index contributed by atoms with van der Waals surface area (Å²) < 4.78 is 22.8. The molecule has 1 saturated heterocycles. The molecule has 5 rings (SSSR count). The summed E-state index contributed by atoms with van der Waals surface area (Å²) in [5, 5.41) is 9.78. The summed E-state index contributed by atoms with van der Waals surface area (Å²) in [7, 11) is 1.94. The zero-order valence-electron chi connectivity index (χ0n) is 27.3. The molecule has 4 aromatic rings. The first-order valence-corrected chi connectivity index (χ1v) is 15.9. The Bertz CT molecular complexity index is 1710. The van der Waals surface area contributed by atoms with Crippen LogP contribution in [0.2, 0.25) is 0 Å². The minimum atomic E-state index is -0.247. The normalized spacial score (nSPS) is 12.8. The second kappa shape index (κ2) is 18.6. The third kappa shape index (κ3) is 11.5. The largest absolute Gasteiger partial charge is 0.457 e. The van der Waals surface area contributed by atoms with Crippen LogP contribution in [0.5, 0.6) is 23.1 Å². The average Bonchev–Trinajstić information content (AvgIpc) is 3.12. The molecule has 2 N–H and O–H groups in total. The Balaban J connectivity index is 1.20. The number of anilines is 4. The molecular formula is C35H39N9O5. The van der Waals surface area contributed by atoms with Crippen molar-refractivity contribution in [3.8, 4) is 23.1 Å². The molecule has 0 aliphatic carbocycles. The lowest BCUT2D eigenvalue weighted by atomic mass is 10.2. The number of carbonyl (C=O) groups is 1. The van der Waals surface area contributed by atoms with Gasteiger partial charge in [-0.05, 0) is 67.2 Å². The first-order valence-electron chi connectivity index (χ1n) is 15.9. The van der Waals surface area contributed by atoms with Crippen LogP contribution in [0.3, 0.4) is 0 Å². The molecule has 2 heterocycles. The number of morpholine rings is 1. The summed E-state index contributed by atoms with van der Waals surface area (Å²) in [5.74, 6) is 2.68. The quantitative estimate of drug-likeness (QED) is 0.0425. The van der Waals surface area contributed by atoms with E-state index in [1.807, 2.05) is 84.7 Å². The molecule has 0 bridgehead atoms. The Hall–Kier alpha value is -5.66. The Kier molecular flexibility index (Phi) is 13.2. The highest BCUT2D eigenvalue weighted by atomic mass is 16.5. The summed E-state index contributed by atoms with van der Waals surface area (Å²) in [4.78, 5) is 28.5. The summed E-state index contributed by atoms with van der Waals surface area (Å²) in [6, 6.07) is 24.3. The Labute approximate surface area is 284 Å². The number of para-hydroxylation sites is 1. The number of azide groups is 1. The van der Waals surface area contributed by atoms with Gasteiger partial charge in [-0.2, -0.15) is 0 Å². The smallest absolute Gasteiger partial charge is 0.248 e. The monoisotopic (exact) mass is 665 g/mol. The molecule has 49 heavy (non-hydrogen) atoms. The summed E-state index contributed by atoms with van der Waals surface area (Å²) >= 11 is 0. The van der Waals surface area contributed by atoms with E-state index < -0.39 is 0 Å². The molecule has 0 saturated carbocycles. The van der Waals surface area contributed by atoms with E-state index in [0.717, 1.165) is 17.1 Å². The fourth-order valence-electron chi connectivity index (χ4n) is 4.80. The van der Waals surface area contributed by atoms with Crippen molar-refractivity contribution in [3.63, 3.8) is 0 Å². The molecule has 254 valence electrons. The third-order valence-corrected chi connectivity index (χ3v) is 7.25. The first kappa shape index (κ1) is 34.7. The summed E-state index contributed by atoms with van der Waals surface area (Å²) in [5.41, 5.74) is 10.6. The summed E-state index contributed by atoms with van der Waals surface area (Å²) in [6.45, 7) is 5.07. The number of amides is 1. The molecule has 0 spiro atoms. The fourth-order valence-corrected chi connectivity index (χ4v) is 4.80. The molecule has 0 radical (unpaired) electrons. The highest BCUT2D eigenvalue weighted by Crippen LogP contribution is 2.32. The van der Waals surface area contributed by atoms with Crippen molar-refractivity contribution in [1.29, 1.82) is 0 Å². The van der Waals surface area contributed by atoms with Crippen LogP contribution in [0.15, 0.2) is 102 Å². The topological polar surface area (TPSA) is 159 Å². The maximum absolute atomic E-state index is 13.0. The lowest BCUT2D eigenvalue weighted by molar-refractivity contribution is -0.111. The van der Waals surface area contributed by atoms with Gasteiger partial charge in [0.05, 0.1) is 37.8 Å². The standard InChI is InChI=1S/C35H39N9O5/c1-43(17-21-46-20-15-39-42-36)16-5-8-34(45)41-31-24-27(9-14-32(31)44-18-22-47-23-19-44)40-33-25-35(38-26-37-33)49-30-12-10-29(11-13-30)48-28-6-3-2-4-7-28/h2-14,24-26H,15-23H2,1H3,(H,41,45)(H,37,38,40)/b8-5+. The Morgan fingerprint density at radius 1 is 1.00 bits per heavy atom. The van der Waals surface area contributed by atoms with Crippen LogP contribution in [0.25, 0.3) is 10.4 Å². The van der Waals surface area contributed by atoms with E-state index in [2.05, 4.69) is 35.5 Å². The van der Waals surface area contributed by atoms with E-state index in [9.17, 15) is 4.79 Å². The van der Waals surface area contributed by atoms with Gasteiger partial charge in [-0.15, -0.1) is 0 Å². The maximum atomic E-state index is 13.0. The van der Waals surface area contributed by atoms with Gasteiger partial charge >= 0.3 is 0 Å². The maximum Gasteiger partial charge on any atom is 0.248 e. The highest BCUT2D eigenvalue weighted by Gasteiger charge is 2.17. The van der Waals surface area contributed by atoms with Crippen LogP contribution in [0.4, 0.5) is 22.9 Å². The number of hydrogen-bond donors (Lipinski definition) is 2. The van der Waals surface area contributed by atoms with Gasteiger partial charge in [-0.3, -0.25) is 4.79 Å². The zero-order chi connectivity index (χ0) is 34.1. The average molecular weight is 666 g/mol. The number of likely N-dealkylation sites (N-methyl/N-ethyl adjacent to an activating group) is 1. The third-order valence-electron chi connectivity index (χ3n) is 7.25. The van der Waals surface area contributed by atoms with Gasteiger partial charge < -0.3 is 39.4 Å². The second-order valence-electron chi connectivity index (χ2n) is 10.9. The lowest BCUT2D eigenvalue weighted by Crippen LogP contribution is -2.36. The Morgan fingerprint density at radius 3 is 2.53 bits per heavy atom. The lowest BCUT2D eigenvalue weighted by Gasteiger charge is -2.30. The number of benzene rings is 3. The number of ether oxygens (including phenoxy) is 4. The van der Waals surface area contributed by atoms with Crippen LogP contribution < -0.4 is 25.0 Å². The van der Waals surface area contributed by atoms with Crippen molar-refractivity contribution in [3.05, 3.63) is 108 Å². The molecule has 0 atom stereocenters. The van der Waals surface area contributed by atoms with Crippen LogP contribution in [-0.4, -0.2) is 87.0 Å². The predicted octanol–water partition coefficient (Wildman–Crippen LogP) is 6.39. The number of hydrogen-bond acceptors (Lipinski definition) is 11. The minimum Gasteiger partial charge on any atom is -0.457 e. The van der Waals surface area contributed by atoms with Crippen molar-refractivity contribution in [2.24, 2.45) is 5.11 Å². The molecule has 14 nitrogen and oxygen atoms in total. The van der Waals surface area contributed by atoms with Crippen molar-refractivity contribution in [1.82, 2.24) is 14.9 Å². The van der Waals surface area contributed by atoms with Crippen molar-refractivity contribution >= 4 is 28.8 Å². The van der Waals surface area contributed by atoms with Gasteiger partial charge in [0.25, 0.3) is 0 Å². The molecular weight excluding hydrogens is 626 g/mol. The molecule has 1 aliphatic rings. The fraction of sp³-hybridized carbons (Fsp3) is 0.286. The Morgan fingerprint density at radius 2 is 1.76 bits per heavy atom. The minimum absolute atomic E-state index is 0.247. The predicted molar refractivity (Wildman–Crippen MR) is 188 cm³/mol. The number of rotatable bonds is 17. The number of nitrogens with zero attached hydrogens (tertiary/aromatic N) is 7. The van der Waals surface area contributed by atoms with Crippen LogP contribution >= 0.6 is 0 Å². The number of nitrogens with one attached hydrogen (secondary N) is 2. The van der Waals surface area contributed by atoms with Gasteiger partial charge in [0.1, 0.15) is 29.4 Å². The van der Waals surface area contributed by atoms with E-state index in [1.165, 1.54) is 12.4 Å². The number of carbonyl (C=O) groups excluding carboxylic acids is 1. The van der Waals surface area contributed by atoms with Crippen LogP contribution in [-0.2, 0) is 14.3 Å². The molecule has 14 heteroatoms. The summed E-state index contributed by atoms with van der Waals surface area (Å²) in [6.07, 6.45) is 4.75. The van der Waals surface area contributed by atoms with Crippen molar-refractivity contribution in [2.75, 3.05) is 81.7 Å². The molecule has 0 unspecified atom stereocenters. The first-order chi connectivity index (χ1) is 24.1. The van der Waals surface area contributed by atoms with E-state index in [0.29, 0.717) is 88.0 Å². The molecule has 1 aromatic heterocycles. The van der Waals surface area contributed by atoms with Gasteiger partial charge in [-0.1, -0.05) is 29.4 Å². The van der Waals surface area contributed by atoms with E-state index in [1.54, 1.807) is 12.1 Å². The molecule has 1 amide bonds. The SMILES string of the molecule is CN(C/C=C/C(=O)Nc1cc(Nc2cc(Oc3ccc(Oc4ccccc4)cc3)ncn2)ccc1N1CCOCC1)CCOCCN=[N+]=[N-]. The van der Waals surface area contributed by atoms with Gasteiger partial charge in [0.15, 0.2) is 0 Å². The number of aromatic nitrogens is 2. The molecule has 1 fully saturated rings. The molecule has 1 aliphatic heterocycles. The highest BCUT2D eigenvalue weighted by molar-refractivity contribution is 6.02. The van der Waals surface area contributed by atoms with Crippen LogP contribution in [0, 0.1) is 0 Å². The van der Waals surface area contributed by atoms with Gasteiger partial charge in [0, 0.05) is 55.5 Å². The molecule has 3 aromatic carbocycles. The van der Waals surface area contributed by atoms with Crippen molar-refractivity contribution < 1.29 is 23.7 Å². The van der Waals surface area contributed by atoms with Crippen molar-refractivity contribution in [2.45, 2.75) is 0 Å². The second-order valence-corrected chi connectivity index (χ2v) is 10.9. The van der Waals surface area contributed by atoms with Gasteiger partial charge in [-0.25, -0.2) is 9.97 Å². The van der Waals surface area contributed by atoms with E-state index >= 15 is 0 Å². The van der Waals surface area contributed by atoms with E-state index in [4.69, 9.17) is 24.5 Å². The van der Waals surface area contributed by atoms with E-state index in [-0.39, 0.29) is 5.91 Å². The zero-order valence-corrected chi connectivity index (χ0v) is 27.3. The van der Waals surface area contributed by atoms with Crippen LogP contribution in [0.1, 0.15) is 0 Å². The van der Waals surface area contributed by atoms with Gasteiger partial charge in [0.2, 0.25) is 11.8 Å².